The topological polar surface area (TPSA) is 35.2 Å². The van der Waals surface area contributed by atoms with Crippen molar-refractivity contribution in [1.29, 1.82) is 0 Å². The lowest BCUT2D eigenvalue weighted by molar-refractivity contribution is -0.0151. The summed E-state index contributed by atoms with van der Waals surface area (Å²) in [6.45, 7) is 3.92. The molecule has 1 aromatic carbocycles. The summed E-state index contributed by atoms with van der Waals surface area (Å²) in [4.78, 5) is 0. The first-order valence-electron chi connectivity index (χ1n) is 8.71. The van der Waals surface area contributed by atoms with Gasteiger partial charge in [-0.3, -0.25) is 0 Å². The Balaban J connectivity index is 1.84. The molecule has 0 heterocycles. The molecule has 2 N–H and O–H groups in total. The smallest absolute Gasteiger partial charge is 0.0621 e. The van der Waals surface area contributed by atoms with Crippen molar-refractivity contribution in [2.45, 2.75) is 63.9 Å². The van der Waals surface area contributed by atoms with E-state index in [0.717, 1.165) is 19.6 Å². The first-order chi connectivity index (χ1) is 10.3. The molecule has 1 aliphatic rings. The Morgan fingerprint density at radius 1 is 1.10 bits per heavy atom. The van der Waals surface area contributed by atoms with Gasteiger partial charge in [0.1, 0.15) is 0 Å². The van der Waals surface area contributed by atoms with Crippen LogP contribution in [0.5, 0.6) is 0 Å². The first kappa shape index (κ1) is 16.5. The number of benzene rings is 1. The number of ether oxygens (including phenoxy) is 1. The maximum atomic E-state index is 6.20. The minimum absolute atomic E-state index is 0.357. The van der Waals surface area contributed by atoms with E-state index in [-0.39, 0.29) is 0 Å². The second kappa shape index (κ2) is 9.22. The van der Waals surface area contributed by atoms with E-state index in [4.69, 9.17) is 10.5 Å². The summed E-state index contributed by atoms with van der Waals surface area (Å²) >= 11 is 0. The average Bonchev–Trinajstić information content (AvgIpc) is 2.55. The van der Waals surface area contributed by atoms with Crippen LogP contribution in [0.25, 0.3) is 0 Å². The van der Waals surface area contributed by atoms with Crippen molar-refractivity contribution in [1.82, 2.24) is 0 Å². The fraction of sp³-hybridized carbons (Fsp3) is 0.684. The zero-order chi connectivity index (χ0) is 14.9. The van der Waals surface area contributed by atoms with Gasteiger partial charge < -0.3 is 10.5 Å². The van der Waals surface area contributed by atoms with E-state index < -0.39 is 0 Å². The molecule has 1 fully saturated rings. The molecule has 0 aromatic heterocycles. The van der Waals surface area contributed by atoms with E-state index in [2.05, 4.69) is 37.3 Å². The Morgan fingerprint density at radius 2 is 1.90 bits per heavy atom. The van der Waals surface area contributed by atoms with Crippen LogP contribution in [-0.2, 0) is 4.74 Å². The predicted molar refractivity (Wildman–Crippen MR) is 89.5 cm³/mol. The Labute approximate surface area is 130 Å². The van der Waals surface area contributed by atoms with Gasteiger partial charge in [-0.2, -0.15) is 0 Å². The first-order valence-corrected chi connectivity index (χ1v) is 8.71. The van der Waals surface area contributed by atoms with Crippen LogP contribution >= 0.6 is 0 Å². The molecule has 0 amide bonds. The predicted octanol–water partition coefficient (Wildman–Crippen LogP) is 4.49. The van der Waals surface area contributed by atoms with Gasteiger partial charge in [0.25, 0.3) is 0 Å². The summed E-state index contributed by atoms with van der Waals surface area (Å²) in [5.74, 6) is 1.20. The van der Waals surface area contributed by atoms with E-state index in [9.17, 15) is 0 Å². The van der Waals surface area contributed by atoms with Crippen LogP contribution in [0.2, 0.25) is 0 Å². The number of rotatable bonds is 8. The second-order valence-electron chi connectivity index (χ2n) is 6.39. The van der Waals surface area contributed by atoms with Crippen molar-refractivity contribution < 1.29 is 4.74 Å². The minimum atomic E-state index is 0.357. The van der Waals surface area contributed by atoms with Gasteiger partial charge >= 0.3 is 0 Å². The lowest BCUT2D eigenvalue weighted by atomic mass is 9.77. The van der Waals surface area contributed by atoms with E-state index in [1.54, 1.807) is 0 Å². The molecule has 118 valence electrons. The molecule has 1 aromatic rings. The molecule has 2 rings (SSSR count). The van der Waals surface area contributed by atoms with Crippen LogP contribution in [0, 0.1) is 5.92 Å². The van der Waals surface area contributed by atoms with Gasteiger partial charge in [0.05, 0.1) is 6.10 Å². The molecule has 2 nitrogen and oxygen atoms in total. The van der Waals surface area contributed by atoms with Crippen molar-refractivity contribution in [3.05, 3.63) is 35.9 Å². The lowest BCUT2D eigenvalue weighted by Gasteiger charge is -2.35. The number of hydrogen-bond acceptors (Lipinski definition) is 2. The largest absolute Gasteiger partial charge is 0.378 e. The summed E-state index contributed by atoms with van der Waals surface area (Å²) in [7, 11) is 0. The van der Waals surface area contributed by atoms with Crippen LogP contribution in [0.4, 0.5) is 0 Å². The molecular formula is C19H31NO. The Hall–Kier alpha value is -0.860. The second-order valence-corrected chi connectivity index (χ2v) is 6.39. The maximum absolute atomic E-state index is 6.20. The van der Waals surface area contributed by atoms with Crippen molar-refractivity contribution in [2.75, 3.05) is 13.2 Å². The van der Waals surface area contributed by atoms with Crippen LogP contribution in [-0.4, -0.2) is 19.3 Å². The zero-order valence-corrected chi connectivity index (χ0v) is 13.5. The molecule has 3 unspecified atom stereocenters. The van der Waals surface area contributed by atoms with Gasteiger partial charge in [0, 0.05) is 6.61 Å². The number of hydrogen-bond donors (Lipinski definition) is 1. The van der Waals surface area contributed by atoms with E-state index in [1.165, 1.54) is 44.1 Å². The van der Waals surface area contributed by atoms with Crippen LogP contribution in [0.3, 0.4) is 0 Å². The molecule has 0 spiro atoms. The summed E-state index contributed by atoms with van der Waals surface area (Å²) < 4.78 is 6.20. The summed E-state index contributed by atoms with van der Waals surface area (Å²) in [5, 5.41) is 0. The van der Waals surface area contributed by atoms with E-state index in [0.29, 0.717) is 17.9 Å². The molecule has 0 bridgehead atoms. The third kappa shape index (κ3) is 5.12. The maximum Gasteiger partial charge on any atom is 0.0621 e. The highest BCUT2D eigenvalue weighted by atomic mass is 16.5. The van der Waals surface area contributed by atoms with E-state index >= 15 is 0 Å². The highest BCUT2D eigenvalue weighted by molar-refractivity contribution is 5.20. The molecule has 0 aliphatic heterocycles. The molecule has 2 heteroatoms. The Morgan fingerprint density at radius 3 is 2.62 bits per heavy atom. The van der Waals surface area contributed by atoms with Crippen molar-refractivity contribution in [3.8, 4) is 0 Å². The summed E-state index contributed by atoms with van der Waals surface area (Å²) in [6.07, 6.45) is 9.04. The molecule has 21 heavy (non-hydrogen) atoms. The van der Waals surface area contributed by atoms with Crippen LogP contribution < -0.4 is 5.73 Å². The Bertz CT molecular complexity index is 378. The molecule has 3 atom stereocenters. The van der Waals surface area contributed by atoms with Crippen LogP contribution in [0.15, 0.2) is 30.3 Å². The number of unbranched alkanes of at least 4 members (excludes halogenated alkanes) is 3. The zero-order valence-electron chi connectivity index (χ0n) is 13.5. The standard InChI is InChI=1S/C19H31NO/c1-2-3-4-8-13-21-19-14-17(11-12-18(19)15-20)16-9-6-5-7-10-16/h5-7,9-10,17-19H,2-4,8,11-15,20H2,1H3. The Kier molecular flexibility index (Phi) is 7.25. The third-order valence-corrected chi connectivity index (χ3v) is 4.83. The highest BCUT2D eigenvalue weighted by Gasteiger charge is 2.30. The van der Waals surface area contributed by atoms with Gasteiger partial charge in [0.2, 0.25) is 0 Å². The lowest BCUT2D eigenvalue weighted by Crippen LogP contribution is -2.36. The molecule has 0 radical (unpaired) electrons. The van der Waals surface area contributed by atoms with E-state index in [1.807, 2.05) is 0 Å². The van der Waals surface area contributed by atoms with Gasteiger partial charge in [0.15, 0.2) is 0 Å². The fourth-order valence-corrected chi connectivity index (χ4v) is 3.46. The average molecular weight is 289 g/mol. The minimum Gasteiger partial charge on any atom is -0.378 e. The van der Waals surface area contributed by atoms with Gasteiger partial charge in [-0.15, -0.1) is 0 Å². The van der Waals surface area contributed by atoms with Gasteiger partial charge in [-0.25, -0.2) is 0 Å². The van der Waals surface area contributed by atoms with Crippen LogP contribution in [0.1, 0.15) is 63.4 Å². The molecule has 0 saturated heterocycles. The normalized spacial score (nSPS) is 25.9. The van der Waals surface area contributed by atoms with Crippen molar-refractivity contribution in [3.63, 3.8) is 0 Å². The van der Waals surface area contributed by atoms with Crippen molar-refractivity contribution in [2.24, 2.45) is 11.7 Å². The highest BCUT2D eigenvalue weighted by Crippen LogP contribution is 2.37. The number of nitrogens with two attached hydrogens (primary N) is 1. The quantitative estimate of drug-likeness (QED) is 0.715. The van der Waals surface area contributed by atoms with Gasteiger partial charge in [-0.05, 0) is 49.6 Å². The monoisotopic (exact) mass is 289 g/mol. The third-order valence-electron chi connectivity index (χ3n) is 4.83. The molecule has 1 saturated carbocycles. The molecular weight excluding hydrogens is 258 g/mol. The summed E-state index contributed by atoms with van der Waals surface area (Å²) in [5.41, 5.74) is 7.42. The summed E-state index contributed by atoms with van der Waals surface area (Å²) in [6, 6.07) is 10.9. The van der Waals surface area contributed by atoms with Crippen molar-refractivity contribution >= 4 is 0 Å². The van der Waals surface area contributed by atoms with Gasteiger partial charge in [-0.1, -0.05) is 56.5 Å². The fourth-order valence-electron chi connectivity index (χ4n) is 3.46. The molecule has 1 aliphatic carbocycles. The SMILES string of the molecule is CCCCCCOC1CC(c2ccccc2)CCC1CN.